The SMILES string of the molecule is CC(=O)c1c([N+](=O)[O-])ccc(N)c1Cl. The Balaban J connectivity index is 3.53. The summed E-state index contributed by atoms with van der Waals surface area (Å²) >= 11 is 5.69. The highest BCUT2D eigenvalue weighted by Crippen LogP contribution is 2.31. The topological polar surface area (TPSA) is 86.2 Å². The van der Waals surface area contributed by atoms with Gasteiger partial charge in [-0.05, 0) is 13.0 Å². The number of anilines is 1. The van der Waals surface area contributed by atoms with Crippen molar-refractivity contribution >= 4 is 28.8 Å². The quantitative estimate of drug-likeness (QED) is 0.353. The maximum absolute atomic E-state index is 11.1. The molecule has 0 saturated heterocycles. The van der Waals surface area contributed by atoms with Crippen molar-refractivity contribution in [3.05, 3.63) is 32.8 Å². The van der Waals surface area contributed by atoms with Gasteiger partial charge in [0.15, 0.2) is 5.78 Å². The molecule has 1 rings (SSSR count). The third-order valence-electron chi connectivity index (χ3n) is 1.70. The molecule has 14 heavy (non-hydrogen) atoms. The summed E-state index contributed by atoms with van der Waals surface area (Å²) in [6.07, 6.45) is 0. The van der Waals surface area contributed by atoms with Crippen LogP contribution in [-0.2, 0) is 0 Å². The Morgan fingerprint density at radius 1 is 1.57 bits per heavy atom. The van der Waals surface area contributed by atoms with Crippen LogP contribution in [0.15, 0.2) is 12.1 Å². The number of nitrogens with zero attached hydrogens (tertiary/aromatic N) is 1. The van der Waals surface area contributed by atoms with Gasteiger partial charge in [-0.15, -0.1) is 0 Å². The van der Waals surface area contributed by atoms with E-state index in [2.05, 4.69) is 0 Å². The average Bonchev–Trinajstić information content (AvgIpc) is 2.08. The zero-order chi connectivity index (χ0) is 10.9. The van der Waals surface area contributed by atoms with Crippen LogP contribution in [0.5, 0.6) is 0 Å². The molecule has 6 heteroatoms. The molecule has 0 aliphatic carbocycles. The van der Waals surface area contributed by atoms with Crippen molar-refractivity contribution in [3.63, 3.8) is 0 Å². The van der Waals surface area contributed by atoms with E-state index in [0.717, 1.165) is 6.07 Å². The van der Waals surface area contributed by atoms with E-state index >= 15 is 0 Å². The minimum Gasteiger partial charge on any atom is -0.397 e. The Morgan fingerprint density at radius 3 is 2.57 bits per heavy atom. The van der Waals surface area contributed by atoms with Crippen molar-refractivity contribution in [2.75, 3.05) is 5.73 Å². The molecule has 0 atom stereocenters. The third kappa shape index (κ3) is 1.67. The summed E-state index contributed by atoms with van der Waals surface area (Å²) in [6, 6.07) is 2.46. The molecule has 0 aliphatic heterocycles. The number of nitro groups is 1. The molecule has 0 fully saturated rings. The van der Waals surface area contributed by atoms with Gasteiger partial charge in [0.25, 0.3) is 5.69 Å². The van der Waals surface area contributed by atoms with Gasteiger partial charge in [0.1, 0.15) is 5.56 Å². The molecular weight excluding hydrogens is 208 g/mol. The fourth-order valence-electron chi connectivity index (χ4n) is 1.07. The summed E-state index contributed by atoms with van der Waals surface area (Å²) in [4.78, 5) is 21.0. The van der Waals surface area contributed by atoms with Crippen molar-refractivity contribution in [3.8, 4) is 0 Å². The molecule has 2 N–H and O–H groups in total. The molecule has 0 amide bonds. The molecule has 0 saturated carbocycles. The number of carbonyl (C=O) groups excluding carboxylic acids is 1. The van der Waals surface area contributed by atoms with Gasteiger partial charge in [-0.1, -0.05) is 11.6 Å². The Kier molecular flexibility index (Phi) is 2.71. The molecule has 0 spiro atoms. The zero-order valence-corrected chi connectivity index (χ0v) is 8.04. The minimum absolute atomic E-state index is 0.0632. The van der Waals surface area contributed by atoms with Gasteiger partial charge in [-0.25, -0.2) is 0 Å². The fourth-order valence-corrected chi connectivity index (χ4v) is 1.36. The highest BCUT2D eigenvalue weighted by Gasteiger charge is 2.22. The van der Waals surface area contributed by atoms with E-state index in [-0.39, 0.29) is 22.0 Å². The number of nitrogen functional groups attached to an aromatic ring is 1. The van der Waals surface area contributed by atoms with Crippen molar-refractivity contribution in [1.82, 2.24) is 0 Å². The fraction of sp³-hybridized carbons (Fsp3) is 0.125. The molecular formula is C8H7ClN2O3. The average molecular weight is 215 g/mol. The van der Waals surface area contributed by atoms with Gasteiger partial charge in [0.05, 0.1) is 15.6 Å². The van der Waals surface area contributed by atoms with E-state index in [1.807, 2.05) is 0 Å². The van der Waals surface area contributed by atoms with E-state index in [1.165, 1.54) is 13.0 Å². The van der Waals surface area contributed by atoms with Crippen LogP contribution < -0.4 is 5.73 Å². The predicted octanol–water partition coefficient (Wildman–Crippen LogP) is 2.03. The lowest BCUT2D eigenvalue weighted by atomic mass is 10.1. The number of Topliss-reactive ketones (excluding diaryl/α,β-unsaturated/α-hetero) is 1. The standard InChI is InChI=1S/C8H7ClN2O3/c1-4(12)7-6(11(13)14)3-2-5(10)8(7)9/h2-3H,10H2,1H3. The highest BCUT2D eigenvalue weighted by atomic mass is 35.5. The second-order valence-electron chi connectivity index (χ2n) is 2.68. The second-order valence-corrected chi connectivity index (χ2v) is 3.05. The van der Waals surface area contributed by atoms with Crippen molar-refractivity contribution in [2.45, 2.75) is 6.92 Å². The Morgan fingerprint density at radius 2 is 2.14 bits per heavy atom. The van der Waals surface area contributed by atoms with E-state index < -0.39 is 10.7 Å². The number of nitrogens with two attached hydrogens (primary N) is 1. The molecule has 0 aromatic heterocycles. The summed E-state index contributed by atoms with van der Waals surface area (Å²) in [5.74, 6) is -0.478. The van der Waals surface area contributed by atoms with Crippen LogP contribution in [-0.4, -0.2) is 10.7 Å². The number of hydrogen-bond acceptors (Lipinski definition) is 4. The summed E-state index contributed by atoms with van der Waals surface area (Å²) < 4.78 is 0. The van der Waals surface area contributed by atoms with Crippen LogP contribution in [0.1, 0.15) is 17.3 Å². The largest absolute Gasteiger partial charge is 0.397 e. The van der Waals surface area contributed by atoms with Crippen LogP contribution in [0.4, 0.5) is 11.4 Å². The lowest BCUT2D eigenvalue weighted by molar-refractivity contribution is -0.385. The Bertz CT molecular complexity index is 417. The molecule has 0 heterocycles. The number of ketones is 1. The molecule has 0 aliphatic rings. The predicted molar refractivity (Wildman–Crippen MR) is 52.5 cm³/mol. The third-order valence-corrected chi connectivity index (χ3v) is 2.11. The highest BCUT2D eigenvalue weighted by molar-refractivity contribution is 6.36. The maximum atomic E-state index is 11.1. The lowest BCUT2D eigenvalue weighted by Gasteiger charge is -2.03. The van der Waals surface area contributed by atoms with Crippen LogP contribution in [0.3, 0.4) is 0 Å². The van der Waals surface area contributed by atoms with E-state index in [9.17, 15) is 14.9 Å². The van der Waals surface area contributed by atoms with E-state index in [1.54, 1.807) is 0 Å². The number of benzene rings is 1. The lowest BCUT2D eigenvalue weighted by Crippen LogP contribution is -2.03. The summed E-state index contributed by atoms with van der Waals surface area (Å²) in [7, 11) is 0. The van der Waals surface area contributed by atoms with Crippen LogP contribution in [0.2, 0.25) is 5.02 Å². The van der Waals surface area contributed by atoms with Crippen molar-refractivity contribution in [2.24, 2.45) is 0 Å². The van der Waals surface area contributed by atoms with E-state index in [0.29, 0.717) is 0 Å². The monoisotopic (exact) mass is 214 g/mol. The van der Waals surface area contributed by atoms with Crippen LogP contribution >= 0.6 is 11.6 Å². The summed E-state index contributed by atoms with van der Waals surface area (Å²) in [5, 5.41) is 10.5. The summed E-state index contributed by atoms with van der Waals surface area (Å²) in [6.45, 7) is 1.20. The number of rotatable bonds is 2. The summed E-state index contributed by atoms with van der Waals surface area (Å²) in [5.41, 5.74) is 5.11. The van der Waals surface area contributed by atoms with Crippen molar-refractivity contribution in [1.29, 1.82) is 0 Å². The number of carbonyl (C=O) groups is 1. The first-order valence-corrected chi connectivity index (χ1v) is 4.06. The maximum Gasteiger partial charge on any atom is 0.281 e. The normalized spacial score (nSPS) is 9.86. The van der Waals surface area contributed by atoms with E-state index in [4.69, 9.17) is 17.3 Å². The van der Waals surface area contributed by atoms with Gasteiger partial charge in [0, 0.05) is 6.07 Å². The molecule has 0 bridgehead atoms. The number of hydrogen-bond donors (Lipinski definition) is 1. The van der Waals surface area contributed by atoms with Crippen LogP contribution in [0.25, 0.3) is 0 Å². The molecule has 1 aromatic rings. The van der Waals surface area contributed by atoms with Gasteiger partial charge in [-0.2, -0.15) is 0 Å². The van der Waals surface area contributed by atoms with Gasteiger partial charge >= 0.3 is 0 Å². The first-order chi connectivity index (χ1) is 6.45. The molecule has 74 valence electrons. The van der Waals surface area contributed by atoms with Gasteiger partial charge in [-0.3, -0.25) is 14.9 Å². The zero-order valence-electron chi connectivity index (χ0n) is 7.28. The van der Waals surface area contributed by atoms with Gasteiger partial charge < -0.3 is 5.73 Å². The Hall–Kier alpha value is -1.62. The first kappa shape index (κ1) is 10.5. The molecule has 0 radical (unpaired) electrons. The Labute approximate surface area is 84.6 Å². The minimum atomic E-state index is -0.665. The number of nitro benzene ring substituents is 1. The second kappa shape index (κ2) is 3.63. The first-order valence-electron chi connectivity index (χ1n) is 3.68. The van der Waals surface area contributed by atoms with Gasteiger partial charge in [0.2, 0.25) is 0 Å². The smallest absolute Gasteiger partial charge is 0.281 e. The van der Waals surface area contributed by atoms with Crippen molar-refractivity contribution < 1.29 is 9.72 Å². The molecule has 0 unspecified atom stereocenters. The number of halogens is 1. The molecule has 5 nitrogen and oxygen atoms in total. The van der Waals surface area contributed by atoms with Crippen LogP contribution in [0, 0.1) is 10.1 Å². The molecule has 1 aromatic carbocycles.